The topological polar surface area (TPSA) is 160 Å². The number of amides is 1. The fraction of sp³-hybridized carbons (Fsp3) is 0.429. The summed E-state index contributed by atoms with van der Waals surface area (Å²) in [4.78, 5) is 37.7. The number of hydrogen-bond acceptors (Lipinski definition) is 10. The summed E-state index contributed by atoms with van der Waals surface area (Å²) in [5, 5.41) is 13.9. The lowest BCUT2D eigenvalue weighted by atomic mass is 9.72. The molecular weight excluding hydrogens is 852 g/mol. The lowest BCUT2D eigenvalue weighted by molar-refractivity contribution is -0.386. The Morgan fingerprint density at radius 1 is 1.02 bits per heavy atom. The molecule has 336 valence electrons. The van der Waals surface area contributed by atoms with Gasteiger partial charge in [-0.05, 0) is 103 Å². The summed E-state index contributed by atoms with van der Waals surface area (Å²) in [6.07, 6.45) is 11.3. The second-order valence-corrected chi connectivity index (χ2v) is 21.1. The molecule has 1 unspecified atom stereocenters. The second-order valence-electron chi connectivity index (χ2n) is 19.0. The molecule has 9 rings (SSSR count). The van der Waals surface area contributed by atoms with Crippen LogP contribution in [0.15, 0.2) is 89.6 Å². The number of hydrogen-bond donors (Lipinski definition) is 2. The molecule has 4 aliphatic rings. The fourth-order valence-corrected chi connectivity index (χ4v) is 11.2. The Bertz CT molecular complexity index is 2720. The minimum Gasteiger partial charge on any atom is -0.493 e. The molecule has 0 bridgehead atoms. The number of pyridine rings is 1. The first-order chi connectivity index (χ1) is 30.7. The number of aromatic amines is 1. The number of carbonyl (C=O) groups is 1. The quantitative estimate of drug-likeness (QED) is 0.0965. The summed E-state index contributed by atoms with van der Waals surface area (Å²) in [6.45, 7) is 11.3. The van der Waals surface area contributed by atoms with E-state index in [0.29, 0.717) is 41.8 Å². The average molecular weight is 908 g/mol. The van der Waals surface area contributed by atoms with Gasteiger partial charge in [0.1, 0.15) is 22.9 Å². The smallest absolute Gasteiger partial charge is 0.277 e. The Hall–Kier alpha value is -5.44. The van der Waals surface area contributed by atoms with Crippen LogP contribution in [0.3, 0.4) is 0 Å². The van der Waals surface area contributed by atoms with Crippen molar-refractivity contribution < 1.29 is 27.6 Å². The Morgan fingerprint density at radius 3 is 2.53 bits per heavy atom. The highest BCUT2D eigenvalue weighted by Gasteiger charge is 2.36. The van der Waals surface area contributed by atoms with Crippen molar-refractivity contribution in [2.24, 2.45) is 23.2 Å². The number of allylic oxidation sites excluding steroid dienone is 1. The number of rotatable bonds is 11. The molecule has 1 saturated heterocycles. The van der Waals surface area contributed by atoms with Crippen LogP contribution >= 0.6 is 11.6 Å². The van der Waals surface area contributed by atoms with E-state index in [2.05, 4.69) is 57.4 Å². The maximum absolute atomic E-state index is 14.1. The van der Waals surface area contributed by atoms with Gasteiger partial charge < -0.3 is 19.4 Å². The van der Waals surface area contributed by atoms with Crippen molar-refractivity contribution in [2.45, 2.75) is 77.0 Å². The molecule has 13 nitrogen and oxygen atoms in total. The first-order valence-corrected chi connectivity index (χ1v) is 24.2. The van der Waals surface area contributed by atoms with Gasteiger partial charge in [0.05, 0.1) is 33.7 Å². The largest absolute Gasteiger partial charge is 0.493 e. The minimum absolute atomic E-state index is 0.0321. The van der Waals surface area contributed by atoms with E-state index in [1.807, 2.05) is 18.2 Å². The van der Waals surface area contributed by atoms with Gasteiger partial charge in [-0.2, -0.15) is 0 Å². The molecule has 2 aliphatic heterocycles. The van der Waals surface area contributed by atoms with Crippen LogP contribution in [0.1, 0.15) is 87.2 Å². The standard InChI is InChI=1S/C49H55ClN6O7S/c1-31-4-6-32(7-5-31)36-23-42-44(56(58)59)25-40(26-45(42)62-30-36)64(60,61)53-48(57)41-13-12-38(24-46(41)63-39-22-34-15-17-51-47(34)52-28-39)55-20-18-54(19-21-55)29-35-14-16-49(2,3)27-43(35)33-8-10-37(50)11-9-33/h8-13,15,17,22,24-26,28,31-32,36H,4-7,14,16,18-21,23,27,29-30H2,1-3H3,(H,51,52)(H,53,57). The van der Waals surface area contributed by atoms with E-state index in [1.165, 1.54) is 29.0 Å². The first kappa shape index (κ1) is 43.8. The lowest BCUT2D eigenvalue weighted by Gasteiger charge is -2.39. The number of aromatic nitrogens is 2. The molecule has 0 radical (unpaired) electrons. The number of nitro benzene ring substituents is 1. The number of benzene rings is 3. The van der Waals surface area contributed by atoms with Crippen LogP contribution in [0.25, 0.3) is 16.6 Å². The molecule has 2 aliphatic carbocycles. The number of anilines is 1. The Morgan fingerprint density at radius 2 is 1.78 bits per heavy atom. The molecule has 2 N–H and O–H groups in total. The van der Waals surface area contributed by atoms with Gasteiger partial charge in [0.2, 0.25) is 0 Å². The van der Waals surface area contributed by atoms with Crippen molar-refractivity contribution in [1.82, 2.24) is 19.6 Å². The molecule has 0 spiro atoms. The molecule has 15 heteroatoms. The van der Waals surface area contributed by atoms with Crippen LogP contribution in [0.5, 0.6) is 17.2 Å². The summed E-state index contributed by atoms with van der Waals surface area (Å²) < 4.78 is 42.5. The molecule has 3 aromatic carbocycles. The molecule has 5 aromatic rings. The number of nitro groups is 1. The highest BCUT2D eigenvalue weighted by Crippen LogP contribution is 2.45. The highest BCUT2D eigenvalue weighted by molar-refractivity contribution is 7.90. The van der Waals surface area contributed by atoms with Crippen molar-refractivity contribution >= 4 is 55.5 Å². The van der Waals surface area contributed by atoms with Gasteiger partial charge in [0.25, 0.3) is 21.6 Å². The SMILES string of the molecule is CC1CCC(C2COc3cc(S(=O)(=O)NC(=O)c4ccc(N5CCN(CC6=C(c7ccc(Cl)cc7)CC(C)(C)CC6)CC5)cc4Oc4cnc5[nH]ccc5c4)cc([N+](=O)[O-])c3C2)CC1. The number of carbonyl (C=O) groups excluding carboxylic acids is 1. The molecule has 4 heterocycles. The van der Waals surface area contributed by atoms with Gasteiger partial charge in [0, 0.05) is 79.1 Å². The van der Waals surface area contributed by atoms with Crippen molar-refractivity contribution in [2.75, 3.05) is 44.2 Å². The van der Waals surface area contributed by atoms with E-state index < -0.39 is 25.7 Å². The molecule has 1 amide bonds. The van der Waals surface area contributed by atoms with Gasteiger partial charge in [-0.3, -0.25) is 19.8 Å². The number of nitrogens with zero attached hydrogens (tertiary/aromatic N) is 4. The molecule has 2 fully saturated rings. The number of H-pyrrole nitrogens is 1. The molecule has 1 saturated carbocycles. The maximum Gasteiger partial charge on any atom is 0.277 e. The summed E-state index contributed by atoms with van der Waals surface area (Å²) >= 11 is 6.25. The predicted octanol–water partition coefficient (Wildman–Crippen LogP) is 10.2. The van der Waals surface area contributed by atoms with Gasteiger partial charge in [-0.25, -0.2) is 18.1 Å². The fourth-order valence-electron chi connectivity index (χ4n) is 10.1. The lowest BCUT2D eigenvalue weighted by Crippen LogP contribution is -2.47. The predicted molar refractivity (Wildman–Crippen MR) is 249 cm³/mol. The minimum atomic E-state index is -4.61. The van der Waals surface area contributed by atoms with E-state index in [0.717, 1.165) is 99.8 Å². The molecular formula is C49H55ClN6O7S. The number of ether oxygens (including phenoxy) is 2. The van der Waals surface area contributed by atoms with Crippen molar-refractivity contribution in [3.8, 4) is 17.2 Å². The van der Waals surface area contributed by atoms with Crippen LogP contribution in [0.4, 0.5) is 11.4 Å². The van der Waals surface area contributed by atoms with Crippen LogP contribution in [-0.4, -0.2) is 73.4 Å². The zero-order valence-corrected chi connectivity index (χ0v) is 38.1. The van der Waals surface area contributed by atoms with Crippen LogP contribution < -0.4 is 19.1 Å². The Kier molecular flexibility index (Phi) is 12.2. The summed E-state index contributed by atoms with van der Waals surface area (Å²) in [5.74, 6) is 0.870. The summed E-state index contributed by atoms with van der Waals surface area (Å²) in [7, 11) is -4.61. The van der Waals surface area contributed by atoms with Crippen molar-refractivity contribution in [1.29, 1.82) is 0 Å². The zero-order valence-electron chi connectivity index (χ0n) is 36.6. The third-order valence-electron chi connectivity index (χ3n) is 13.9. The van der Waals surface area contributed by atoms with Crippen molar-refractivity contribution in [3.63, 3.8) is 0 Å². The van der Waals surface area contributed by atoms with Gasteiger partial charge >= 0.3 is 0 Å². The molecule has 1 atom stereocenters. The van der Waals surface area contributed by atoms with E-state index in [1.54, 1.807) is 30.5 Å². The monoisotopic (exact) mass is 906 g/mol. The van der Waals surface area contributed by atoms with Gasteiger partial charge in [0.15, 0.2) is 0 Å². The van der Waals surface area contributed by atoms with E-state index >= 15 is 0 Å². The third kappa shape index (κ3) is 9.50. The Labute approximate surface area is 379 Å². The highest BCUT2D eigenvalue weighted by atomic mass is 35.5. The second kappa shape index (κ2) is 17.9. The number of halogens is 1. The van der Waals surface area contributed by atoms with Gasteiger partial charge in [-0.15, -0.1) is 0 Å². The third-order valence-corrected chi connectivity index (χ3v) is 15.4. The maximum atomic E-state index is 14.1. The summed E-state index contributed by atoms with van der Waals surface area (Å²) in [5.41, 5.74) is 5.85. The normalized spacial score (nSPS) is 21.6. The van der Waals surface area contributed by atoms with Crippen LogP contribution in [0, 0.1) is 33.3 Å². The van der Waals surface area contributed by atoms with E-state index in [9.17, 15) is 23.3 Å². The van der Waals surface area contributed by atoms with E-state index in [4.69, 9.17) is 21.1 Å². The van der Waals surface area contributed by atoms with Crippen molar-refractivity contribution in [3.05, 3.63) is 117 Å². The van der Waals surface area contributed by atoms with Crippen LogP contribution in [0.2, 0.25) is 5.02 Å². The number of fused-ring (bicyclic) bond motifs is 2. The molecule has 2 aromatic heterocycles. The van der Waals surface area contributed by atoms with E-state index in [-0.39, 0.29) is 34.1 Å². The number of piperazine rings is 1. The number of sulfonamides is 1. The van der Waals surface area contributed by atoms with Crippen LogP contribution in [-0.2, 0) is 16.4 Å². The zero-order chi connectivity index (χ0) is 44.8. The van der Waals surface area contributed by atoms with Gasteiger partial charge in [-0.1, -0.05) is 62.9 Å². The summed E-state index contributed by atoms with van der Waals surface area (Å²) in [6, 6.07) is 19.3. The number of nitrogens with one attached hydrogen (secondary N) is 2. The first-order valence-electron chi connectivity index (χ1n) is 22.4. The Balaban J connectivity index is 0.943. The molecule has 64 heavy (non-hydrogen) atoms. The average Bonchev–Trinajstić information content (AvgIpc) is 3.75.